The van der Waals surface area contributed by atoms with Gasteiger partial charge >= 0.3 is 0 Å². The zero-order valence-corrected chi connectivity index (χ0v) is 14.5. The molecule has 0 aromatic heterocycles. The summed E-state index contributed by atoms with van der Waals surface area (Å²) in [5.74, 6) is 0.586. The van der Waals surface area contributed by atoms with E-state index >= 15 is 0 Å². The van der Waals surface area contributed by atoms with Crippen LogP contribution in [0.4, 0.5) is 5.69 Å². The normalized spacial score (nSPS) is 16.6. The number of carbonyl (C=O) groups excluding carboxylic acids is 1. The van der Waals surface area contributed by atoms with Crippen LogP contribution in [0.15, 0.2) is 54.6 Å². The van der Waals surface area contributed by atoms with Gasteiger partial charge in [-0.15, -0.1) is 0 Å². The van der Waals surface area contributed by atoms with E-state index in [-0.39, 0.29) is 11.7 Å². The number of hydrogen-bond donors (Lipinski definition) is 1. The summed E-state index contributed by atoms with van der Waals surface area (Å²) in [5.41, 5.74) is 2.97. The van der Waals surface area contributed by atoms with Crippen molar-refractivity contribution >= 4 is 11.5 Å². The molecule has 3 nitrogen and oxygen atoms in total. The molecule has 0 saturated carbocycles. The minimum atomic E-state index is -0.0607. The fourth-order valence-corrected chi connectivity index (χ4v) is 3.72. The van der Waals surface area contributed by atoms with Crippen LogP contribution in [0.25, 0.3) is 0 Å². The molecule has 3 rings (SSSR count). The number of anilines is 1. The summed E-state index contributed by atoms with van der Waals surface area (Å²) in [5, 5.41) is 3.41. The summed E-state index contributed by atoms with van der Waals surface area (Å²) in [6.45, 7) is 1.99. The molecule has 2 aromatic rings. The second kappa shape index (κ2) is 7.63. The van der Waals surface area contributed by atoms with Crippen LogP contribution in [0.3, 0.4) is 0 Å². The number of hydrogen-bond acceptors (Lipinski definition) is 3. The van der Waals surface area contributed by atoms with Gasteiger partial charge in [0.25, 0.3) is 0 Å². The third-order valence-corrected chi connectivity index (χ3v) is 4.95. The standard InChI is InChI=1S/C21H26N2O/c1-23(2)19-11-7-6-10-18(19)21(24)20(16-8-4-3-5-9-16)17-12-14-22-15-13-17/h3-11,17,20,22H,12-15H2,1-2H3. The van der Waals surface area contributed by atoms with Gasteiger partial charge in [-0.2, -0.15) is 0 Å². The lowest BCUT2D eigenvalue weighted by molar-refractivity contribution is 0.0916. The second-order valence-electron chi connectivity index (χ2n) is 6.75. The molecule has 0 radical (unpaired) electrons. The Morgan fingerprint density at radius 3 is 2.29 bits per heavy atom. The highest BCUT2D eigenvalue weighted by molar-refractivity contribution is 6.05. The van der Waals surface area contributed by atoms with Crippen LogP contribution in [0.1, 0.15) is 34.7 Å². The third-order valence-electron chi connectivity index (χ3n) is 4.95. The summed E-state index contributed by atoms with van der Waals surface area (Å²) in [7, 11) is 3.99. The van der Waals surface area contributed by atoms with Crippen LogP contribution < -0.4 is 10.2 Å². The van der Waals surface area contributed by atoms with Crippen LogP contribution in [-0.4, -0.2) is 33.0 Å². The topological polar surface area (TPSA) is 32.3 Å². The molecule has 1 saturated heterocycles. The van der Waals surface area contributed by atoms with E-state index in [1.165, 1.54) is 0 Å². The molecule has 1 unspecified atom stereocenters. The molecular weight excluding hydrogens is 296 g/mol. The van der Waals surface area contributed by atoms with E-state index in [0.717, 1.165) is 42.7 Å². The van der Waals surface area contributed by atoms with Crippen LogP contribution in [0.2, 0.25) is 0 Å². The summed E-state index contributed by atoms with van der Waals surface area (Å²) >= 11 is 0. The third kappa shape index (κ3) is 3.51. The summed E-state index contributed by atoms with van der Waals surface area (Å²) in [6, 6.07) is 18.2. The fraction of sp³-hybridized carbons (Fsp3) is 0.381. The first-order valence-corrected chi connectivity index (χ1v) is 8.74. The monoisotopic (exact) mass is 322 g/mol. The Labute approximate surface area is 144 Å². The molecule has 1 atom stereocenters. The van der Waals surface area contributed by atoms with E-state index in [0.29, 0.717) is 5.92 Å². The molecule has 0 bridgehead atoms. The number of rotatable bonds is 5. The molecule has 1 aliphatic rings. The average Bonchev–Trinajstić information content (AvgIpc) is 2.63. The van der Waals surface area contributed by atoms with Crippen molar-refractivity contribution in [1.29, 1.82) is 0 Å². The highest BCUT2D eigenvalue weighted by Gasteiger charge is 2.32. The van der Waals surface area contributed by atoms with Crippen molar-refractivity contribution in [1.82, 2.24) is 5.32 Å². The van der Waals surface area contributed by atoms with Crippen LogP contribution in [-0.2, 0) is 0 Å². The van der Waals surface area contributed by atoms with Crippen molar-refractivity contribution in [2.24, 2.45) is 5.92 Å². The molecule has 1 heterocycles. The first kappa shape index (κ1) is 16.7. The van der Waals surface area contributed by atoms with Crippen molar-refractivity contribution < 1.29 is 4.79 Å². The van der Waals surface area contributed by atoms with Gasteiger partial charge in [0.1, 0.15) is 0 Å². The Bertz CT molecular complexity index is 675. The number of piperidine rings is 1. The van der Waals surface area contributed by atoms with E-state index in [4.69, 9.17) is 0 Å². The van der Waals surface area contributed by atoms with Crippen molar-refractivity contribution in [2.45, 2.75) is 18.8 Å². The second-order valence-corrected chi connectivity index (χ2v) is 6.75. The van der Waals surface area contributed by atoms with E-state index in [2.05, 4.69) is 17.4 Å². The molecule has 2 aromatic carbocycles. The molecular formula is C21H26N2O. The Morgan fingerprint density at radius 2 is 1.62 bits per heavy atom. The lowest BCUT2D eigenvalue weighted by atomic mass is 9.76. The molecule has 24 heavy (non-hydrogen) atoms. The Morgan fingerprint density at radius 1 is 1.00 bits per heavy atom. The van der Waals surface area contributed by atoms with Gasteiger partial charge in [-0.1, -0.05) is 42.5 Å². The zero-order valence-electron chi connectivity index (χ0n) is 14.5. The van der Waals surface area contributed by atoms with Crippen molar-refractivity contribution in [3.05, 3.63) is 65.7 Å². The number of para-hydroxylation sites is 1. The summed E-state index contributed by atoms with van der Waals surface area (Å²) in [6.07, 6.45) is 2.10. The van der Waals surface area contributed by atoms with Gasteiger partial charge in [0.15, 0.2) is 5.78 Å². The van der Waals surface area contributed by atoms with Crippen LogP contribution in [0.5, 0.6) is 0 Å². The van der Waals surface area contributed by atoms with E-state index in [9.17, 15) is 4.79 Å². The van der Waals surface area contributed by atoms with Crippen molar-refractivity contribution in [2.75, 3.05) is 32.1 Å². The number of nitrogens with one attached hydrogen (secondary N) is 1. The molecule has 0 amide bonds. The van der Waals surface area contributed by atoms with Gasteiger partial charge in [-0.25, -0.2) is 0 Å². The number of nitrogens with zero attached hydrogens (tertiary/aromatic N) is 1. The van der Waals surface area contributed by atoms with Gasteiger partial charge in [0, 0.05) is 25.3 Å². The van der Waals surface area contributed by atoms with Gasteiger partial charge in [0.05, 0.1) is 5.92 Å². The predicted octanol–water partition coefficient (Wildman–Crippen LogP) is 3.72. The van der Waals surface area contributed by atoms with Gasteiger partial charge < -0.3 is 10.2 Å². The number of ketones is 1. The Hall–Kier alpha value is -2.13. The molecule has 1 N–H and O–H groups in total. The summed E-state index contributed by atoms with van der Waals surface area (Å²) in [4.78, 5) is 15.5. The number of Topliss-reactive ketones (excluding diaryl/α,β-unsaturated/α-hetero) is 1. The maximum absolute atomic E-state index is 13.5. The van der Waals surface area contributed by atoms with E-state index in [1.54, 1.807) is 0 Å². The van der Waals surface area contributed by atoms with E-state index in [1.807, 2.05) is 61.5 Å². The zero-order chi connectivity index (χ0) is 16.9. The largest absolute Gasteiger partial charge is 0.377 e. The molecule has 126 valence electrons. The minimum Gasteiger partial charge on any atom is -0.377 e. The quantitative estimate of drug-likeness (QED) is 0.852. The maximum Gasteiger partial charge on any atom is 0.172 e. The van der Waals surface area contributed by atoms with E-state index < -0.39 is 0 Å². The Kier molecular flexibility index (Phi) is 5.31. The molecule has 1 fully saturated rings. The molecule has 1 aliphatic heterocycles. The smallest absolute Gasteiger partial charge is 0.172 e. The SMILES string of the molecule is CN(C)c1ccccc1C(=O)C(c1ccccc1)C1CCNCC1. The maximum atomic E-state index is 13.5. The first-order chi connectivity index (χ1) is 11.7. The fourth-order valence-electron chi connectivity index (χ4n) is 3.72. The molecule has 0 aliphatic carbocycles. The van der Waals surface area contributed by atoms with Gasteiger partial charge in [-0.3, -0.25) is 4.79 Å². The lowest BCUT2D eigenvalue weighted by Gasteiger charge is -2.31. The highest BCUT2D eigenvalue weighted by Crippen LogP contribution is 2.36. The first-order valence-electron chi connectivity index (χ1n) is 8.74. The lowest BCUT2D eigenvalue weighted by Crippen LogP contribution is -2.34. The highest BCUT2D eigenvalue weighted by atomic mass is 16.1. The van der Waals surface area contributed by atoms with Crippen molar-refractivity contribution in [3.63, 3.8) is 0 Å². The molecule has 3 heteroatoms. The predicted molar refractivity (Wildman–Crippen MR) is 99.9 cm³/mol. The number of benzene rings is 2. The number of carbonyl (C=O) groups is 1. The average molecular weight is 322 g/mol. The van der Waals surface area contributed by atoms with Gasteiger partial charge in [-0.05, 0) is 49.5 Å². The Balaban J connectivity index is 2.01. The molecule has 0 spiro atoms. The van der Waals surface area contributed by atoms with Crippen LogP contribution >= 0.6 is 0 Å². The van der Waals surface area contributed by atoms with Crippen LogP contribution in [0, 0.1) is 5.92 Å². The van der Waals surface area contributed by atoms with Gasteiger partial charge in [0.2, 0.25) is 0 Å². The minimum absolute atomic E-state index is 0.0607. The van der Waals surface area contributed by atoms with Crippen molar-refractivity contribution in [3.8, 4) is 0 Å². The summed E-state index contributed by atoms with van der Waals surface area (Å²) < 4.78 is 0.